The number of piperazine rings is 1. The van der Waals surface area contributed by atoms with Crippen LogP contribution in [-0.2, 0) is 21.4 Å². The van der Waals surface area contributed by atoms with Gasteiger partial charge < -0.3 is 14.4 Å². The minimum atomic E-state index is -3.79. The van der Waals surface area contributed by atoms with E-state index in [4.69, 9.17) is 9.47 Å². The van der Waals surface area contributed by atoms with Gasteiger partial charge in [0.1, 0.15) is 6.07 Å². The maximum atomic E-state index is 13.0. The second-order valence-electron chi connectivity index (χ2n) is 7.88. The summed E-state index contributed by atoms with van der Waals surface area (Å²) in [6.07, 6.45) is 0. The number of carbonyl (C=O) groups excluding carboxylic acids is 1. The van der Waals surface area contributed by atoms with Gasteiger partial charge in [-0.1, -0.05) is 25.1 Å². The highest BCUT2D eigenvalue weighted by Crippen LogP contribution is 2.32. The molecular formula is C23H26N4O5S. The SMILES string of the molecule is CCN(CC(=O)N1CCN(S(=O)(=O)c2ccccc2C#N)CC1)Cc1ccc2c(c1)OCO2. The highest BCUT2D eigenvalue weighted by atomic mass is 32.2. The molecule has 2 aliphatic heterocycles. The van der Waals surface area contributed by atoms with Gasteiger partial charge in [0.05, 0.1) is 17.0 Å². The van der Waals surface area contributed by atoms with Crippen LogP contribution in [0.25, 0.3) is 0 Å². The Balaban J connectivity index is 1.34. The van der Waals surface area contributed by atoms with E-state index in [0.29, 0.717) is 31.9 Å². The molecule has 2 aromatic rings. The molecule has 0 spiro atoms. The average Bonchev–Trinajstić information content (AvgIpc) is 3.31. The zero-order valence-corrected chi connectivity index (χ0v) is 19.3. The van der Waals surface area contributed by atoms with Crippen LogP contribution in [0.2, 0.25) is 0 Å². The number of hydrogen-bond acceptors (Lipinski definition) is 7. The zero-order chi connectivity index (χ0) is 23.4. The third-order valence-electron chi connectivity index (χ3n) is 5.87. The lowest BCUT2D eigenvalue weighted by Crippen LogP contribution is -2.52. The number of benzene rings is 2. The first-order valence-corrected chi connectivity index (χ1v) is 12.2. The molecule has 2 aromatic carbocycles. The Morgan fingerprint density at radius 1 is 1.09 bits per heavy atom. The van der Waals surface area contributed by atoms with Crippen molar-refractivity contribution in [3.63, 3.8) is 0 Å². The Labute approximate surface area is 193 Å². The van der Waals surface area contributed by atoms with Gasteiger partial charge in [-0.3, -0.25) is 9.69 Å². The van der Waals surface area contributed by atoms with Crippen LogP contribution >= 0.6 is 0 Å². The molecule has 0 N–H and O–H groups in total. The smallest absolute Gasteiger partial charge is 0.244 e. The number of sulfonamides is 1. The number of amides is 1. The molecule has 0 bridgehead atoms. The molecule has 2 heterocycles. The number of ether oxygens (including phenoxy) is 2. The van der Waals surface area contributed by atoms with Gasteiger partial charge >= 0.3 is 0 Å². The zero-order valence-electron chi connectivity index (χ0n) is 18.4. The predicted octanol–water partition coefficient (Wildman–Crippen LogP) is 1.64. The summed E-state index contributed by atoms with van der Waals surface area (Å²) in [5.74, 6) is 1.40. The summed E-state index contributed by atoms with van der Waals surface area (Å²) in [6, 6.07) is 13.9. The molecule has 4 rings (SSSR count). The van der Waals surface area contributed by atoms with Gasteiger partial charge in [-0.05, 0) is 36.4 Å². The molecule has 174 valence electrons. The number of likely N-dealkylation sites (N-methyl/N-ethyl adjacent to an activating group) is 1. The summed E-state index contributed by atoms with van der Waals surface area (Å²) < 4.78 is 38.1. The van der Waals surface area contributed by atoms with Crippen LogP contribution < -0.4 is 9.47 Å². The first-order valence-electron chi connectivity index (χ1n) is 10.8. The molecule has 2 aliphatic rings. The van der Waals surface area contributed by atoms with Crippen molar-refractivity contribution >= 4 is 15.9 Å². The van der Waals surface area contributed by atoms with E-state index in [-0.39, 0.29) is 42.8 Å². The van der Waals surface area contributed by atoms with Crippen molar-refractivity contribution in [2.75, 3.05) is 46.1 Å². The Morgan fingerprint density at radius 2 is 1.82 bits per heavy atom. The monoisotopic (exact) mass is 470 g/mol. The lowest BCUT2D eigenvalue weighted by molar-refractivity contribution is -0.133. The molecule has 0 aliphatic carbocycles. The maximum Gasteiger partial charge on any atom is 0.244 e. The maximum absolute atomic E-state index is 13.0. The molecule has 33 heavy (non-hydrogen) atoms. The van der Waals surface area contributed by atoms with Crippen molar-refractivity contribution in [3.05, 3.63) is 53.6 Å². The van der Waals surface area contributed by atoms with Crippen molar-refractivity contribution in [3.8, 4) is 17.6 Å². The molecule has 1 fully saturated rings. The van der Waals surface area contributed by atoms with Gasteiger partial charge in [0.15, 0.2) is 11.5 Å². The van der Waals surface area contributed by atoms with Gasteiger partial charge in [0.25, 0.3) is 0 Å². The molecule has 0 saturated carbocycles. The summed E-state index contributed by atoms with van der Waals surface area (Å²) >= 11 is 0. The van der Waals surface area contributed by atoms with Gasteiger partial charge in [-0.15, -0.1) is 0 Å². The van der Waals surface area contributed by atoms with Crippen LogP contribution in [-0.4, -0.2) is 74.5 Å². The molecular weight excluding hydrogens is 444 g/mol. The largest absolute Gasteiger partial charge is 0.454 e. The highest BCUT2D eigenvalue weighted by Gasteiger charge is 2.31. The summed E-state index contributed by atoms with van der Waals surface area (Å²) in [5, 5.41) is 9.25. The summed E-state index contributed by atoms with van der Waals surface area (Å²) in [5.41, 5.74) is 1.15. The lowest BCUT2D eigenvalue weighted by atomic mass is 10.2. The summed E-state index contributed by atoms with van der Waals surface area (Å²) in [7, 11) is -3.79. The Kier molecular flexibility index (Phi) is 6.83. The summed E-state index contributed by atoms with van der Waals surface area (Å²) in [6.45, 7) is 4.77. The van der Waals surface area contributed by atoms with E-state index in [0.717, 1.165) is 11.3 Å². The van der Waals surface area contributed by atoms with E-state index < -0.39 is 10.0 Å². The van der Waals surface area contributed by atoms with Crippen molar-refractivity contribution in [1.29, 1.82) is 5.26 Å². The Hall–Kier alpha value is -3.13. The van der Waals surface area contributed by atoms with Gasteiger partial charge in [0.2, 0.25) is 22.7 Å². The quantitative estimate of drug-likeness (QED) is 0.606. The van der Waals surface area contributed by atoms with Crippen molar-refractivity contribution < 1.29 is 22.7 Å². The third kappa shape index (κ3) is 4.95. The van der Waals surface area contributed by atoms with Crippen LogP contribution in [0.5, 0.6) is 11.5 Å². The average molecular weight is 471 g/mol. The number of carbonyl (C=O) groups is 1. The van der Waals surface area contributed by atoms with E-state index in [1.807, 2.05) is 36.1 Å². The Bertz CT molecular complexity index is 1170. The second-order valence-corrected chi connectivity index (χ2v) is 9.79. The highest BCUT2D eigenvalue weighted by molar-refractivity contribution is 7.89. The fraction of sp³-hybridized carbons (Fsp3) is 0.391. The molecule has 0 atom stereocenters. The fourth-order valence-corrected chi connectivity index (χ4v) is 5.53. The number of hydrogen-bond donors (Lipinski definition) is 0. The third-order valence-corrected chi connectivity index (χ3v) is 7.82. The van der Waals surface area contributed by atoms with Crippen molar-refractivity contribution in [1.82, 2.24) is 14.1 Å². The van der Waals surface area contributed by atoms with E-state index >= 15 is 0 Å². The molecule has 10 heteroatoms. The van der Waals surface area contributed by atoms with E-state index in [2.05, 4.69) is 0 Å². The minimum Gasteiger partial charge on any atom is -0.454 e. The molecule has 1 amide bonds. The predicted molar refractivity (Wildman–Crippen MR) is 120 cm³/mol. The number of fused-ring (bicyclic) bond motifs is 1. The molecule has 9 nitrogen and oxygen atoms in total. The van der Waals surface area contributed by atoms with Crippen LogP contribution in [0.4, 0.5) is 0 Å². The second kappa shape index (κ2) is 9.79. The van der Waals surface area contributed by atoms with E-state index in [9.17, 15) is 18.5 Å². The molecule has 1 saturated heterocycles. The topological polar surface area (TPSA) is 103 Å². The van der Waals surface area contributed by atoms with Crippen LogP contribution in [0, 0.1) is 11.3 Å². The normalized spacial score (nSPS) is 16.1. The van der Waals surface area contributed by atoms with Crippen LogP contribution in [0.3, 0.4) is 0 Å². The first kappa shape index (κ1) is 23.0. The molecule has 0 aromatic heterocycles. The van der Waals surface area contributed by atoms with Gasteiger partial charge in [-0.25, -0.2) is 8.42 Å². The summed E-state index contributed by atoms with van der Waals surface area (Å²) in [4.78, 5) is 16.6. The fourth-order valence-electron chi connectivity index (χ4n) is 3.97. The standard InChI is InChI=1S/C23H26N4O5S/c1-2-25(15-18-7-8-20-21(13-18)32-17-31-20)16-23(28)26-9-11-27(12-10-26)33(29,30)22-6-4-3-5-19(22)14-24/h3-8,13H,2,9-12,15-17H2,1H3. The van der Waals surface area contributed by atoms with Gasteiger partial charge in [-0.2, -0.15) is 9.57 Å². The number of nitrogens with zero attached hydrogens (tertiary/aromatic N) is 4. The Morgan fingerprint density at radius 3 is 2.55 bits per heavy atom. The van der Waals surface area contributed by atoms with E-state index in [1.165, 1.54) is 16.4 Å². The van der Waals surface area contributed by atoms with E-state index in [1.54, 1.807) is 17.0 Å². The number of rotatable bonds is 7. The molecule has 0 radical (unpaired) electrons. The molecule has 0 unspecified atom stereocenters. The van der Waals surface area contributed by atoms with Crippen molar-refractivity contribution in [2.24, 2.45) is 0 Å². The number of nitriles is 1. The van der Waals surface area contributed by atoms with Crippen LogP contribution in [0.1, 0.15) is 18.1 Å². The minimum absolute atomic E-state index is 0.00756. The first-order chi connectivity index (χ1) is 15.9. The lowest BCUT2D eigenvalue weighted by Gasteiger charge is -2.35. The van der Waals surface area contributed by atoms with Crippen molar-refractivity contribution in [2.45, 2.75) is 18.4 Å². The van der Waals surface area contributed by atoms with Gasteiger partial charge in [0, 0.05) is 32.7 Å². The van der Waals surface area contributed by atoms with Crippen LogP contribution in [0.15, 0.2) is 47.4 Å².